The van der Waals surface area contributed by atoms with Crippen LogP contribution in [0.1, 0.15) is 35.1 Å². The maximum Gasteiger partial charge on any atom is 0.278 e. The summed E-state index contributed by atoms with van der Waals surface area (Å²) in [5.41, 5.74) is 9.13. The van der Waals surface area contributed by atoms with E-state index in [1.54, 1.807) is 0 Å². The van der Waals surface area contributed by atoms with Crippen LogP contribution in [-0.2, 0) is 6.42 Å². The van der Waals surface area contributed by atoms with Crippen molar-refractivity contribution in [1.82, 2.24) is 10.2 Å². The summed E-state index contributed by atoms with van der Waals surface area (Å²) in [5.74, 6) is -0.303. The van der Waals surface area contributed by atoms with Crippen LogP contribution >= 0.6 is 15.9 Å². The molecule has 4 N–H and O–H groups in total. The maximum absolute atomic E-state index is 12.2. The molecule has 0 saturated carbocycles. The minimum absolute atomic E-state index is 0.243. The molecule has 0 unspecified atom stereocenters. The first-order chi connectivity index (χ1) is 9.54. The minimum Gasteiger partial charge on any atom is -0.395 e. The highest BCUT2D eigenvalue weighted by Crippen LogP contribution is 2.24. The van der Waals surface area contributed by atoms with Gasteiger partial charge in [-0.3, -0.25) is 9.89 Å². The van der Waals surface area contributed by atoms with Gasteiger partial charge in [-0.05, 0) is 31.0 Å². The summed E-state index contributed by atoms with van der Waals surface area (Å²) in [6, 6.07) is 5.63. The summed E-state index contributed by atoms with van der Waals surface area (Å²) >= 11 is 3.43. The van der Waals surface area contributed by atoms with E-state index in [-0.39, 0.29) is 11.6 Å². The van der Waals surface area contributed by atoms with Crippen LogP contribution in [0, 0.1) is 6.92 Å². The Labute approximate surface area is 126 Å². The van der Waals surface area contributed by atoms with Gasteiger partial charge in [0.2, 0.25) is 0 Å². The molecule has 6 heteroatoms. The van der Waals surface area contributed by atoms with Crippen LogP contribution in [0.5, 0.6) is 0 Å². The van der Waals surface area contributed by atoms with Crippen LogP contribution in [0.4, 0.5) is 11.4 Å². The molecule has 0 aliphatic heterocycles. The van der Waals surface area contributed by atoms with Crippen LogP contribution < -0.4 is 11.1 Å². The molecule has 20 heavy (non-hydrogen) atoms. The van der Waals surface area contributed by atoms with Gasteiger partial charge in [0.25, 0.3) is 5.91 Å². The molecule has 1 heterocycles. The zero-order valence-electron chi connectivity index (χ0n) is 11.5. The van der Waals surface area contributed by atoms with Gasteiger partial charge < -0.3 is 11.1 Å². The number of rotatable bonds is 4. The van der Waals surface area contributed by atoms with Crippen molar-refractivity contribution in [3.63, 3.8) is 0 Å². The van der Waals surface area contributed by atoms with E-state index in [9.17, 15) is 4.79 Å². The van der Waals surface area contributed by atoms with E-state index in [4.69, 9.17) is 5.73 Å². The summed E-state index contributed by atoms with van der Waals surface area (Å²) < 4.78 is 0.942. The Morgan fingerprint density at radius 2 is 2.25 bits per heavy atom. The largest absolute Gasteiger partial charge is 0.395 e. The average molecular weight is 337 g/mol. The van der Waals surface area contributed by atoms with Crippen LogP contribution in [0.2, 0.25) is 0 Å². The molecule has 0 atom stereocenters. The molecule has 0 aliphatic rings. The molecule has 5 nitrogen and oxygen atoms in total. The molecule has 0 fully saturated rings. The predicted octanol–water partition coefficient (Wildman–Crippen LogP) is 3.27. The molecule has 0 bridgehead atoms. The number of aromatic amines is 1. The van der Waals surface area contributed by atoms with E-state index in [0.29, 0.717) is 5.69 Å². The highest BCUT2D eigenvalue weighted by molar-refractivity contribution is 9.10. The number of carbonyl (C=O) groups excluding carboxylic acids is 1. The third-order valence-electron chi connectivity index (χ3n) is 3.11. The molecule has 1 amide bonds. The first-order valence-corrected chi connectivity index (χ1v) is 7.23. The van der Waals surface area contributed by atoms with Gasteiger partial charge in [-0.1, -0.05) is 35.3 Å². The maximum atomic E-state index is 12.2. The standard InChI is InChI=1S/C14H17BrN4O/c1-3-5-11-12(16)13(19-18-11)14(20)17-10-7-4-6-9(15)8(10)2/h4,6-7H,3,5,16H2,1-2H3,(H,17,20)(H,18,19). The van der Waals surface area contributed by atoms with Crippen LogP contribution in [-0.4, -0.2) is 16.1 Å². The molecule has 1 aromatic carbocycles. The number of nitrogen functional groups attached to an aromatic ring is 1. The van der Waals surface area contributed by atoms with Crippen LogP contribution in [0.25, 0.3) is 0 Å². The monoisotopic (exact) mass is 336 g/mol. The van der Waals surface area contributed by atoms with Gasteiger partial charge in [0, 0.05) is 10.2 Å². The van der Waals surface area contributed by atoms with Crippen molar-refractivity contribution in [2.24, 2.45) is 0 Å². The topological polar surface area (TPSA) is 83.8 Å². The Hall–Kier alpha value is -1.82. The van der Waals surface area contributed by atoms with Crippen LogP contribution in [0.15, 0.2) is 22.7 Å². The van der Waals surface area contributed by atoms with Crippen molar-refractivity contribution in [3.05, 3.63) is 39.6 Å². The second kappa shape index (κ2) is 6.09. The number of hydrogen-bond acceptors (Lipinski definition) is 3. The summed E-state index contributed by atoms with van der Waals surface area (Å²) in [4.78, 5) is 12.2. The Kier molecular flexibility index (Phi) is 4.44. The normalized spacial score (nSPS) is 10.6. The van der Waals surface area contributed by atoms with Gasteiger partial charge >= 0.3 is 0 Å². The fourth-order valence-electron chi connectivity index (χ4n) is 1.92. The van der Waals surface area contributed by atoms with Crippen molar-refractivity contribution >= 4 is 33.2 Å². The van der Waals surface area contributed by atoms with E-state index < -0.39 is 0 Å². The van der Waals surface area contributed by atoms with Gasteiger partial charge in [0.15, 0.2) is 5.69 Å². The zero-order valence-corrected chi connectivity index (χ0v) is 13.0. The number of carbonyl (C=O) groups is 1. The summed E-state index contributed by atoms with van der Waals surface area (Å²) in [6.45, 7) is 3.97. The second-order valence-electron chi connectivity index (χ2n) is 4.58. The van der Waals surface area contributed by atoms with Crippen molar-refractivity contribution < 1.29 is 4.79 Å². The fraction of sp³-hybridized carbons (Fsp3) is 0.286. The van der Waals surface area contributed by atoms with Gasteiger partial charge in [-0.2, -0.15) is 5.10 Å². The Morgan fingerprint density at radius 3 is 2.95 bits per heavy atom. The molecule has 0 saturated heterocycles. The molecule has 0 radical (unpaired) electrons. The van der Waals surface area contributed by atoms with E-state index in [1.807, 2.05) is 32.0 Å². The summed E-state index contributed by atoms with van der Waals surface area (Å²) in [6.07, 6.45) is 1.72. The molecule has 0 spiro atoms. The number of hydrogen-bond donors (Lipinski definition) is 3. The number of benzene rings is 1. The van der Waals surface area contributed by atoms with E-state index in [2.05, 4.69) is 31.4 Å². The summed E-state index contributed by atoms with van der Waals surface area (Å²) in [7, 11) is 0. The van der Waals surface area contributed by atoms with Crippen LogP contribution in [0.3, 0.4) is 0 Å². The van der Waals surface area contributed by atoms with Crippen molar-refractivity contribution in [2.45, 2.75) is 26.7 Å². The lowest BCUT2D eigenvalue weighted by molar-refractivity contribution is 0.102. The molecule has 106 valence electrons. The first kappa shape index (κ1) is 14.6. The van der Waals surface area contributed by atoms with Crippen molar-refractivity contribution in [1.29, 1.82) is 0 Å². The van der Waals surface area contributed by atoms with E-state index >= 15 is 0 Å². The van der Waals surface area contributed by atoms with E-state index in [0.717, 1.165) is 34.3 Å². The zero-order chi connectivity index (χ0) is 14.7. The first-order valence-electron chi connectivity index (χ1n) is 6.43. The van der Waals surface area contributed by atoms with Crippen molar-refractivity contribution in [3.8, 4) is 0 Å². The van der Waals surface area contributed by atoms with Gasteiger partial charge in [0.1, 0.15) is 0 Å². The lowest BCUT2D eigenvalue weighted by Gasteiger charge is -2.08. The number of nitrogens with zero attached hydrogens (tertiary/aromatic N) is 1. The van der Waals surface area contributed by atoms with Gasteiger partial charge in [-0.15, -0.1) is 0 Å². The molecule has 1 aromatic heterocycles. The number of nitrogens with two attached hydrogens (primary N) is 1. The summed E-state index contributed by atoms with van der Waals surface area (Å²) in [5, 5.41) is 9.66. The number of aromatic nitrogens is 2. The number of H-pyrrole nitrogens is 1. The number of halogens is 1. The number of aryl methyl sites for hydroxylation is 1. The number of amides is 1. The van der Waals surface area contributed by atoms with Gasteiger partial charge in [-0.25, -0.2) is 0 Å². The molecular weight excluding hydrogens is 320 g/mol. The molecule has 0 aliphatic carbocycles. The number of anilines is 2. The quantitative estimate of drug-likeness (QED) is 0.801. The number of nitrogens with one attached hydrogen (secondary N) is 2. The average Bonchev–Trinajstić information content (AvgIpc) is 2.77. The fourth-order valence-corrected chi connectivity index (χ4v) is 2.29. The molecular formula is C14H17BrN4O. The third-order valence-corrected chi connectivity index (χ3v) is 3.97. The molecule has 2 aromatic rings. The highest BCUT2D eigenvalue weighted by atomic mass is 79.9. The second-order valence-corrected chi connectivity index (χ2v) is 5.44. The minimum atomic E-state index is -0.303. The lowest BCUT2D eigenvalue weighted by Crippen LogP contribution is -2.15. The Bertz CT molecular complexity index is 636. The predicted molar refractivity (Wildman–Crippen MR) is 83.8 cm³/mol. The molecule has 2 rings (SSSR count). The van der Waals surface area contributed by atoms with Gasteiger partial charge in [0.05, 0.1) is 11.4 Å². The highest BCUT2D eigenvalue weighted by Gasteiger charge is 2.17. The van der Waals surface area contributed by atoms with E-state index in [1.165, 1.54) is 0 Å². The Morgan fingerprint density at radius 1 is 1.50 bits per heavy atom. The van der Waals surface area contributed by atoms with Crippen molar-refractivity contribution in [2.75, 3.05) is 11.1 Å². The third kappa shape index (κ3) is 2.85. The lowest BCUT2D eigenvalue weighted by atomic mass is 10.2. The Balaban J connectivity index is 2.22. The SMILES string of the molecule is CCCc1[nH]nc(C(=O)Nc2cccc(Br)c2C)c1N. The smallest absolute Gasteiger partial charge is 0.278 e.